The van der Waals surface area contributed by atoms with Gasteiger partial charge in [0.25, 0.3) is 0 Å². The van der Waals surface area contributed by atoms with E-state index in [4.69, 9.17) is 5.11 Å². The normalized spacial score (nSPS) is 12.9. The molecule has 1 aromatic heterocycles. The lowest BCUT2D eigenvalue weighted by Gasteiger charge is -1.97. The molecule has 0 aliphatic heterocycles. The lowest BCUT2D eigenvalue weighted by Crippen LogP contribution is -2.10. The SMILES string of the molecule is CCC(=O)C(=O)c1ccc(/C=C/[C@@H](C)CO)s1. The summed E-state index contributed by atoms with van der Waals surface area (Å²) in [5.74, 6) is -0.674. The van der Waals surface area contributed by atoms with Gasteiger partial charge in [-0.05, 0) is 24.1 Å². The molecular weight excluding hydrogens is 236 g/mol. The summed E-state index contributed by atoms with van der Waals surface area (Å²) in [7, 11) is 0. The molecule has 17 heavy (non-hydrogen) atoms. The van der Waals surface area contributed by atoms with Crippen LogP contribution >= 0.6 is 11.3 Å². The lowest BCUT2D eigenvalue weighted by atomic mass is 10.2. The van der Waals surface area contributed by atoms with E-state index >= 15 is 0 Å². The summed E-state index contributed by atoms with van der Waals surface area (Å²) >= 11 is 1.30. The first kappa shape index (κ1) is 13.8. The Kier molecular flexibility index (Phi) is 5.25. The van der Waals surface area contributed by atoms with E-state index in [1.165, 1.54) is 11.3 Å². The van der Waals surface area contributed by atoms with E-state index in [-0.39, 0.29) is 24.7 Å². The van der Waals surface area contributed by atoms with E-state index in [1.54, 1.807) is 19.1 Å². The van der Waals surface area contributed by atoms with Crippen LogP contribution in [0.2, 0.25) is 0 Å². The van der Waals surface area contributed by atoms with Gasteiger partial charge in [-0.25, -0.2) is 0 Å². The average molecular weight is 252 g/mol. The number of carbonyl (C=O) groups is 2. The molecule has 0 saturated heterocycles. The summed E-state index contributed by atoms with van der Waals surface area (Å²) in [5, 5.41) is 8.86. The third-order valence-electron chi connectivity index (χ3n) is 2.30. The predicted molar refractivity (Wildman–Crippen MR) is 69.2 cm³/mol. The van der Waals surface area contributed by atoms with Crippen molar-refractivity contribution >= 4 is 29.0 Å². The maximum Gasteiger partial charge on any atom is 0.238 e. The van der Waals surface area contributed by atoms with Crippen LogP contribution in [0.4, 0.5) is 0 Å². The summed E-state index contributed by atoms with van der Waals surface area (Å²) in [6.45, 7) is 3.68. The van der Waals surface area contributed by atoms with Crippen LogP contribution in [0.15, 0.2) is 18.2 Å². The second kappa shape index (κ2) is 6.47. The third kappa shape index (κ3) is 3.91. The molecule has 1 N–H and O–H groups in total. The largest absolute Gasteiger partial charge is 0.396 e. The zero-order chi connectivity index (χ0) is 12.8. The Morgan fingerprint density at radius 1 is 1.47 bits per heavy atom. The van der Waals surface area contributed by atoms with Gasteiger partial charge in [-0.1, -0.05) is 19.9 Å². The minimum absolute atomic E-state index is 0.0912. The van der Waals surface area contributed by atoms with Gasteiger partial charge in [-0.15, -0.1) is 11.3 Å². The van der Waals surface area contributed by atoms with E-state index in [9.17, 15) is 9.59 Å². The molecule has 0 fully saturated rings. The van der Waals surface area contributed by atoms with Crippen molar-refractivity contribution in [2.45, 2.75) is 20.3 Å². The molecule has 92 valence electrons. The van der Waals surface area contributed by atoms with E-state index < -0.39 is 5.78 Å². The third-order valence-corrected chi connectivity index (χ3v) is 3.35. The average Bonchev–Trinajstić information content (AvgIpc) is 2.82. The topological polar surface area (TPSA) is 54.4 Å². The first-order valence-electron chi connectivity index (χ1n) is 5.55. The Morgan fingerprint density at radius 3 is 2.76 bits per heavy atom. The van der Waals surface area contributed by atoms with Crippen LogP contribution in [0.3, 0.4) is 0 Å². The zero-order valence-electron chi connectivity index (χ0n) is 9.97. The molecule has 4 heteroatoms. The summed E-state index contributed by atoms with van der Waals surface area (Å²) < 4.78 is 0. The number of carbonyl (C=O) groups excluding carboxylic acids is 2. The molecule has 0 aliphatic rings. The fraction of sp³-hybridized carbons (Fsp3) is 0.385. The van der Waals surface area contributed by atoms with Crippen molar-refractivity contribution in [1.29, 1.82) is 0 Å². The van der Waals surface area contributed by atoms with Gasteiger partial charge in [-0.3, -0.25) is 9.59 Å². The number of hydrogen-bond acceptors (Lipinski definition) is 4. The Morgan fingerprint density at radius 2 is 2.18 bits per heavy atom. The number of aliphatic hydroxyl groups is 1. The minimum atomic E-state index is -0.410. The number of thiophene rings is 1. The maximum absolute atomic E-state index is 11.6. The van der Waals surface area contributed by atoms with Crippen molar-refractivity contribution in [2.24, 2.45) is 5.92 Å². The fourth-order valence-corrected chi connectivity index (χ4v) is 2.06. The molecule has 0 bridgehead atoms. The fourth-order valence-electron chi connectivity index (χ4n) is 1.18. The standard InChI is InChI=1S/C13H16O3S/c1-3-11(15)13(16)12-7-6-10(17-12)5-4-9(2)8-14/h4-7,9,14H,3,8H2,1-2H3/b5-4+/t9-/m1/s1. The van der Waals surface area contributed by atoms with Gasteiger partial charge >= 0.3 is 0 Å². The smallest absolute Gasteiger partial charge is 0.238 e. The van der Waals surface area contributed by atoms with Crippen molar-refractivity contribution < 1.29 is 14.7 Å². The Balaban J connectivity index is 2.75. The quantitative estimate of drug-likeness (QED) is 0.625. The van der Waals surface area contributed by atoms with Crippen molar-refractivity contribution in [3.8, 4) is 0 Å². The molecule has 1 rings (SSSR count). The molecule has 0 saturated carbocycles. The van der Waals surface area contributed by atoms with Gasteiger partial charge in [0, 0.05) is 17.9 Å². The number of Topliss-reactive ketones (excluding diaryl/α,β-unsaturated/α-hetero) is 2. The highest BCUT2D eigenvalue weighted by molar-refractivity contribution is 7.15. The van der Waals surface area contributed by atoms with Crippen LogP contribution in [0, 0.1) is 5.92 Å². The second-order valence-corrected chi connectivity index (χ2v) is 4.94. The summed E-state index contributed by atoms with van der Waals surface area (Å²) in [6.07, 6.45) is 3.98. The number of rotatable bonds is 6. The Labute approximate surface area is 105 Å². The molecule has 0 spiro atoms. The first-order chi connectivity index (χ1) is 8.08. The molecule has 0 aromatic carbocycles. The lowest BCUT2D eigenvalue weighted by molar-refractivity contribution is -0.114. The molecule has 3 nitrogen and oxygen atoms in total. The van der Waals surface area contributed by atoms with Crippen molar-refractivity contribution in [1.82, 2.24) is 0 Å². The summed E-state index contributed by atoms with van der Waals surface area (Å²) in [5.41, 5.74) is 0. The van der Waals surface area contributed by atoms with Gasteiger partial charge in [0.05, 0.1) is 4.88 Å². The van der Waals surface area contributed by atoms with Crippen LogP contribution in [0.25, 0.3) is 6.08 Å². The van der Waals surface area contributed by atoms with Gasteiger partial charge in [0.15, 0.2) is 0 Å². The highest BCUT2D eigenvalue weighted by atomic mass is 32.1. The van der Waals surface area contributed by atoms with Gasteiger partial charge in [-0.2, -0.15) is 0 Å². The van der Waals surface area contributed by atoms with E-state index in [0.717, 1.165) is 4.88 Å². The van der Waals surface area contributed by atoms with Crippen LogP contribution < -0.4 is 0 Å². The van der Waals surface area contributed by atoms with Crippen LogP contribution in [-0.4, -0.2) is 23.3 Å². The van der Waals surface area contributed by atoms with E-state index in [0.29, 0.717) is 4.88 Å². The van der Waals surface area contributed by atoms with Gasteiger partial charge < -0.3 is 5.11 Å². The Bertz CT molecular complexity index is 432. The maximum atomic E-state index is 11.6. The van der Waals surface area contributed by atoms with Crippen LogP contribution in [0.1, 0.15) is 34.8 Å². The number of ketones is 2. The highest BCUT2D eigenvalue weighted by Gasteiger charge is 2.15. The predicted octanol–water partition coefficient (Wildman–Crippen LogP) is 2.55. The second-order valence-electron chi connectivity index (χ2n) is 3.83. The van der Waals surface area contributed by atoms with Crippen molar-refractivity contribution in [3.63, 3.8) is 0 Å². The van der Waals surface area contributed by atoms with Crippen molar-refractivity contribution in [2.75, 3.05) is 6.61 Å². The molecular formula is C13H16O3S. The van der Waals surface area contributed by atoms with Gasteiger partial charge in [0.1, 0.15) is 0 Å². The summed E-state index contributed by atoms with van der Waals surface area (Å²) in [4.78, 5) is 24.2. The zero-order valence-corrected chi connectivity index (χ0v) is 10.8. The number of aliphatic hydroxyl groups excluding tert-OH is 1. The Hall–Kier alpha value is -1.26. The van der Waals surface area contributed by atoms with Crippen LogP contribution in [0.5, 0.6) is 0 Å². The van der Waals surface area contributed by atoms with E-state index in [1.807, 2.05) is 19.1 Å². The minimum Gasteiger partial charge on any atom is -0.396 e. The molecule has 0 radical (unpaired) electrons. The van der Waals surface area contributed by atoms with Crippen LogP contribution in [-0.2, 0) is 4.79 Å². The van der Waals surface area contributed by atoms with Gasteiger partial charge in [0.2, 0.25) is 11.6 Å². The first-order valence-corrected chi connectivity index (χ1v) is 6.36. The van der Waals surface area contributed by atoms with Crippen molar-refractivity contribution in [3.05, 3.63) is 28.0 Å². The molecule has 1 heterocycles. The monoisotopic (exact) mass is 252 g/mol. The molecule has 0 unspecified atom stereocenters. The molecule has 1 aromatic rings. The molecule has 1 atom stereocenters. The van der Waals surface area contributed by atoms with E-state index in [2.05, 4.69) is 0 Å². The summed E-state index contributed by atoms with van der Waals surface area (Å²) in [6, 6.07) is 3.48. The molecule has 0 aliphatic carbocycles. The highest BCUT2D eigenvalue weighted by Crippen LogP contribution is 2.19. The molecule has 0 amide bonds. The number of hydrogen-bond donors (Lipinski definition) is 1.